The first kappa shape index (κ1) is 14.6. The highest BCUT2D eigenvalue weighted by molar-refractivity contribution is 5.32. The molecule has 1 aromatic carbocycles. The number of ether oxygens (including phenoxy) is 1. The molecule has 0 bridgehead atoms. The third-order valence-electron chi connectivity index (χ3n) is 3.00. The van der Waals surface area contributed by atoms with E-state index in [-0.39, 0.29) is 0 Å². The summed E-state index contributed by atoms with van der Waals surface area (Å²) < 4.78 is 7.74. The molecule has 0 radical (unpaired) electrons. The van der Waals surface area contributed by atoms with Gasteiger partial charge in [0, 0.05) is 12.6 Å². The number of aromatic nitrogens is 2. The largest absolute Gasteiger partial charge is 0.454 e. The van der Waals surface area contributed by atoms with Crippen molar-refractivity contribution in [1.29, 1.82) is 0 Å². The number of benzene rings is 1. The number of rotatable bonds is 7. The summed E-state index contributed by atoms with van der Waals surface area (Å²) in [6, 6.07) is 8.50. The van der Waals surface area contributed by atoms with Crippen molar-refractivity contribution in [1.82, 2.24) is 15.1 Å². The highest BCUT2D eigenvalue weighted by Crippen LogP contribution is 2.22. The van der Waals surface area contributed by atoms with Gasteiger partial charge in [-0.25, -0.2) is 0 Å². The van der Waals surface area contributed by atoms with Gasteiger partial charge in [0.2, 0.25) is 0 Å². The second kappa shape index (κ2) is 7.10. The smallest absolute Gasteiger partial charge is 0.165 e. The molecule has 0 amide bonds. The Hall–Kier alpha value is -1.81. The summed E-state index contributed by atoms with van der Waals surface area (Å²) in [5.41, 5.74) is 1.23. The Bertz CT molecular complexity index is 534. The minimum absolute atomic E-state index is 0.344. The lowest BCUT2D eigenvalue weighted by atomic mass is 10.2. The third kappa shape index (κ3) is 4.10. The standard InChI is InChI=1S/C16H23N3O/c1-4-8-17-10-14-6-5-7-15(9-14)20-16-11-18-19(12-16)13(2)3/h5-7,9,11-13,17H,4,8,10H2,1-3H3. The summed E-state index contributed by atoms with van der Waals surface area (Å²) in [7, 11) is 0. The molecule has 0 aliphatic carbocycles. The predicted molar refractivity (Wildman–Crippen MR) is 81.1 cm³/mol. The molecule has 0 unspecified atom stereocenters. The van der Waals surface area contributed by atoms with Crippen molar-refractivity contribution in [3.63, 3.8) is 0 Å². The summed E-state index contributed by atoms with van der Waals surface area (Å²) >= 11 is 0. The molecule has 2 aromatic rings. The maximum atomic E-state index is 5.85. The molecular formula is C16H23N3O. The summed E-state index contributed by atoms with van der Waals surface area (Å²) in [6.45, 7) is 8.26. The third-order valence-corrected chi connectivity index (χ3v) is 3.00. The lowest BCUT2D eigenvalue weighted by molar-refractivity contribution is 0.476. The number of hydrogen-bond donors (Lipinski definition) is 1. The lowest BCUT2D eigenvalue weighted by Crippen LogP contribution is -2.13. The Morgan fingerprint density at radius 1 is 1.30 bits per heavy atom. The van der Waals surface area contributed by atoms with Gasteiger partial charge in [0.1, 0.15) is 5.75 Å². The molecule has 4 nitrogen and oxygen atoms in total. The van der Waals surface area contributed by atoms with Crippen molar-refractivity contribution < 1.29 is 4.74 Å². The van der Waals surface area contributed by atoms with Gasteiger partial charge in [-0.3, -0.25) is 4.68 Å². The van der Waals surface area contributed by atoms with E-state index in [0.717, 1.165) is 31.0 Å². The van der Waals surface area contributed by atoms with Gasteiger partial charge < -0.3 is 10.1 Å². The molecule has 108 valence electrons. The second-order valence-electron chi connectivity index (χ2n) is 5.18. The summed E-state index contributed by atoms with van der Waals surface area (Å²) in [4.78, 5) is 0. The van der Waals surface area contributed by atoms with Gasteiger partial charge in [-0.1, -0.05) is 19.1 Å². The van der Waals surface area contributed by atoms with Crippen molar-refractivity contribution in [3.05, 3.63) is 42.2 Å². The molecule has 0 aliphatic heterocycles. The molecule has 0 atom stereocenters. The van der Waals surface area contributed by atoms with Crippen molar-refractivity contribution in [2.24, 2.45) is 0 Å². The van der Waals surface area contributed by atoms with Crippen molar-refractivity contribution >= 4 is 0 Å². The Morgan fingerprint density at radius 3 is 2.85 bits per heavy atom. The van der Waals surface area contributed by atoms with Crippen LogP contribution in [0.2, 0.25) is 0 Å². The highest BCUT2D eigenvalue weighted by atomic mass is 16.5. The van der Waals surface area contributed by atoms with Crippen LogP contribution >= 0.6 is 0 Å². The molecule has 0 saturated heterocycles. The van der Waals surface area contributed by atoms with E-state index in [4.69, 9.17) is 4.74 Å². The average molecular weight is 273 g/mol. The maximum Gasteiger partial charge on any atom is 0.165 e. The molecule has 1 N–H and O–H groups in total. The van der Waals surface area contributed by atoms with E-state index in [1.165, 1.54) is 5.56 Å². The lowest BCUT2D eigenvalue weighted by Gasteiger charge is -2.07. The minimum atomic E-state index is 0.344. The molecule has 1 heterocycles. The molecule has 1 aromatic heterocycles. The molecule has 2 rings (SSSR count). The van der Waals surface area contributed by atoms with Crippen LogP contribution in [0.25, 0.3) is 0 Å². The van der Waals surface area contributed by atoms with Gasteiger partial charge in [0.15, 0.2) is 5.75 Å². The zero-order valence-corrected chi connectivity index (χ0v) is 12.5. The van der Waals surface area contributed by atoms with E-state index in [2.05, 4.69) is 43.3 Å². The summed E-state index contributed by atoms with van der Waals surface area (Å²) in [6.07, 6.45) is 4.82. The van der Waals surface area contributed by atoms with E-state index in [1.54, 1.807) is 6.20 Å². The van der Waals surface area contributed by atoms with E-state index in [1.807, 2.05) is 23.0 Å². The van der Waals surface area contributed by atoms with Crippen LogP contribution in [0.3, 0.4) is 0 Å². The zero-order chi connectivity index (χ0) is 14.4. The van der Waals surface area contributed by atoms with E-state index in [9.17, 15) is 0 Å². The Morgan fingerprint density at radius 2 is 2.15 bits per heavy atom. The van der Waals surface area contributed by atoms with Crippen LogP contribution in [0.1, 0.15) is 38.8 Å². The first-order valence-corrected chi connectivity index (χ1v) is 7.20. The molecular weight excluding hydrogens is 250 g/mol. The fourth-order valence-electron chi connectivity index (χ4n) is 1.92. The maximum absolute atomic E-state index is 5.85. The molecule has 0 saturated carbocycles. The first-order valence-electron chi connectivity index (χ1n) is 7.20. The van der Waals surface area contributed by atoms with Crippen molar-refractivity contribution in [3.8, 4) is 11.5 Å². The Balaban J connectivity index is 1.99. The van der Waals surface area contributed by atoms with Gasteiger partial charge in [-0.2, -0.15) is 5.10 Å². The van der Waals surface area contributed by atoms with Crippen LogP contribution in [0.15, 0.2) is 36.7 Å². The SMILES string of the molecule is CCCNCc1cccc(Oc2cnn(C(C)C)c2)c1. The predicted octanol–water partition coefficient (Wildman–Crippen LogP) is 3.76. The molecule has 4 heteroatoms. The van der Waals surface area contributed by atoms with E-state index < -0.39 is 0 Å². The van der Waals surface area contributed by atoms with Gasteiger partial charge >= 0.3 is 0 Å². The van der Waals surface area contributed by atoms with E-state index in [0.29, 0.717) is 6.04 Å². The van der Waals surface area contributed by atoms with Crippen LogP contribution in [0.4, 0.5) is 0 Å². The Kier molecular flexibility index (Phi) is 5.18. The van der Waals surface area contributed by atoms with Gasteiger partial charge in [-0.15, -0.1) is 0 Å². The molecule has 0 aliphatic rings. The van der Waals surface area contributed by atoms with Crippen LogP contribution in [0, 0.1) is 0 Å². The minimum Gasteiger partial charge on any atom is -0.454 e. The fraction of sp³-hybridized carbons (Fsp3) is 0.438. The number of nitrogens with zero attached hydrogens (tertiary/aromatic N) is 2. The fourth-order valence-corrected chi connectivity index (χ4v) is 1.92. The van der Waals surface area contributed by atoms with Crippen LogP contribution in [-0.2, 0) is 6.54 Å². The zero-order valence-electron chi connectivity index (χ0n) is 12.5. The van der Waals surface area contributed by atoms with Crippen LogP contribution in [0.5, 0.6) is 11.5 Å². The average Bonchev–Trinajstić information content (AvgIpc) is 2.88. The molecule has 0 spiro atoms. The number of hydrogen-bond acceptors (Lipinski definition) is 3. The second-order valence-corrected chi connectivity index (χ2v) is 5.18. The Labute approximate surface area is 120 Å². The van der Waals surface area contributed by atoms with Crippen LogP contribution in [-0.4, -0.2) is 16.3 Å². The topological polar surface area (TPSA) is 39.1 Å². The summed E-state index contributed by atoms with van der Waals surface area (Å²) in [5, 5.41) is 7.66. The quantitative estimate of drug-likeness (QED) is 0.781. The normalized spacial score (nSPS) is 11.0. The molecule has 20 heavy (non-hydrogen) atoms. The van der Waals surface area contributed by atoms with E-state index >= 15 is 0 Å². The van der Waals surface area contributed by atoms with Gasteiger partial charge in [0.25, 0.3) is 0 Å². The van der Waals surface area contributed by atoms with Gasteiger partial charge in [0.05, 0.1) is 12.4 Å². The summed E-state index contributed by atoms with van der Waals surface area (Å²) in [5.74, 6) is 1.63. The number of nitrogens with one attached hydrogen (secondary N) is 1. The highest BCUT2D eigenvalue weighted by Gasteiger charge is 2.04. The first-order chi connectivity index (χ1) is 9.69. The van der Waals surface area contributed by atoms with Crippen molar-refractivity contribution in [2.75, 3.05) is 6.54 Å². The van der Waals surface area contributed by atoms with Gasteiger partial charge in [-0.05, 0) is 44.5 Å². The monoisotopic (exact) mass is 273 g/mol. The molecule has 0 fully saturated rings. The van der Waals surface area contributed by atoms with Crippen molar-refractivity contribution in [2.45, 2.75) is 39.8 Å². The van der Waals surface area contributed by atoms with Crippen LogP contribution < -0.4 is 10.1 Å².